The number of rotatable bonds is 4. The third kappa shape index (κ3) is 3.64. The Labute approximate surface area is 163 Å². The number of hydrogen-bond acceptors (Lipinski definition) is 3. The van der Waals surface area contributed by atoms with Gasteiger partial charge in [-0.2, -0.15) is 0 Å². The van der Waals surface area contributed by atoms with Crippen LogP contribution in [-0.2, 0) is 0 Å². The summed E-state index contributed by atoms with van der Waals surface area (Å²) in [6, 6.07) is 9.87. The number of nitrogens with one attached hydrogen (secondary N) is 2. The molecule has 0 aliphatic heterocycles. The number of hydrogen-bond donors (Lipinski definition) is 2. The Morgan fingerprint density at radius 1 is 1.03 bits per heavy atom. The predicted octanol–water partition coefficient (Wildman–Crippen LogP) is 3.48. The molecule has 0 aliphatic rings. The molecule has 2 aromatic carbocycles. The van der Waals surface area contributed by atoms with E-state index in [2.05, 4.69) is 15.0 Å². The Kier molecular flexibility index (Phi) is 4.67. The lowest BCUT2D eigenvalue weighted by molar-refractivity contribution is 0.583. The molecule has 4 aromatic rings. The molecule has 0 amide bonds. The summed E-state index contributed by atoms with van der Waals surface area (Å²) in [5.41, 5.74) is 1.24. The number of H-pyrrole nitrogens is 2. The second-order valence-corrected chi connectivity index (χ2v) is 6.63. The van der Waals surface area contributed by atoms with Crippen molar-refractivity contribution in [3.05, 3.63) is 99.2 Å². The molecule has 0 saturated carbocycles. The standard InChI is InChI=1S/C21H16F2N4O2/c1-12(13-3-2-4-14(5-13)19-9-24-11-25-19)27-10-18(20(28)26-21(27)29)15-6-16(22)8-17(23)7-15/h2-12H,1H3,(H,24,25)(H,26,28,29). The normalized spacial score (nSPS) is 12.1. The fraction of sp³-hybridized carbons (Fsp3) is 0.0952. The minimum Gasteiger partial charge on any atom is -0.345 e. The summed E-state index contributed by atoms with van der Waals surface area (Å²) in [4.78, 5) is 33.9. The number of aromatic nitrogens is 4. The van der Waals surface area contributed by atoms with E-state index >= 15 is 0 Å². The zero-order valence-electron chi connectivity index (χ0n) is 15.3. The van der Waals surface area contributed by atoms with Crippen LogP contribution in [0.25, 0.3) is 22.4 Å². The van der Waals surface area contributed by atoms with Crippen LogP contribution in [0, 0.1) is 11.6 Å². The van der Waals surface area contributed by atoms with Gasteiger partial charge in [0.2, 0.25) is 0 Å². The van der Waals surface area contributed by atoms with Crippen molar-refractivity contribution in [2.24, 2.45) is 0 Å². The lowest BCUT2D eigenvalue weighted by Gasteiger charge is -2.17. The van der Waals surface area contributed by atoms with Gasteiger partial charge in [0.05, 0.1) is 29.8 Å². The first-order valence-electron chi connectivity index (χ1n) is 8.83. The van der Waals surface area contributed by atoms with Crippen LogP contribution in [0.15, 0.2) is 70.8 Å². The lowest BCUT2D eigenvalue weighted by Crippen LogP contribution is -2.32. The van der Waals surface area contributed by atoms with Gasteiger partial charge in [-0.25, -0.2) is 18.6 Å². The molecule has 4 rings (SSSR count). The summed E-state index contributed by atoms with van der Waals surface area (Å²) < 4.78 is 28.5. The van der Waals surface area contributed by atoms with Gasteiger partial charge in [0.1, 0.15) is 11.6 Å². The number of imidazole rings is 1. The van der Waals surface area contributed by atoms with E-state index in [9.17, 15) is 18.4 Å². The molecule has 0 saturated heterocycles. The highest BCUT2D eigenvalue weighted by molar-refractivity contribution is 5.62. The molecule has 29 heavy (non-hydrogen) atoms. The smallest absolute Gasteiger partial charge is 0.328 e. The van der Waals surface area contributed by atoms with Gasteiger partial charge in [0.15, 0.2) is 0 Å². The Bertz CT molecular complexity index is 1270. The molecular formula is C21H16F2N4O2. The van der Waals surface area contributed by atoms with Gasteiger partial charge >= 0.3 is 5.69 Å². The van der Waals surface area contributed by atoms with E-state index in [1.165, 1.54) is 10.8 Å². The van der Waals surface area contributed by atoms with Crippen LogP contribution in [0.2, 0.25) is 0 Å². The minimum atomic E-state index is -0.808. The van der Waals surface area contributed by atoms with Gasteiger partial charge in [0.25, 0.3) is 5.56 Å². The number of halogens is 2. The number of nitrogens with zero attached hydrogens (tertiary/aromatic N) is 2. The molecule has 0 spiro atoms. The van der Waals surface area contributed by atoms with Crippen molar-refractivity contribution in [2.75, 3.05) is 0 Å². The van der Waals surface area contributed by atoms with Crippen molar-refractivity contribution in [1.29, 1.82) is 0 Å². The van der Waals surface area contributed by atoms with Crippen molar-refractivity contribution >= 4 is 0 Å². The number of benzene rings is 2. The molecule has 0 fully saturated rings. The summed E-state index contributed by atoms with van der Waals surface area (Å²) in [6.45, 7) is 1.79. The fourth-order valence-electron chi connectivity index (χ4n) is 3.23. The fourth-order valence-corrected chi connectivity index (χ4v) is 3.23. The van der Waals surface area contributed by atoms with Crippen molar-refractivity contribution in [3.63, 3.8) is 0 Å². The molecule has 6 nitrogen and oxygen atoms in total. The van der Waals surface area contributed by atoms with Crippen LogP contribution in [0.3, 0.4) is 0 Å². The van der Waals surface area contributed by atoms with E-state index in [1.807, 2.05) is 24.3 Å². The van der Waals surface area contributed by atoms with Gasteiger partial charge in [-0.15, -0.1) is 0 Å². The monoisotopic (exact) mass is 394 g/mol. The van der Waals surface area contributed by atoms with Gasteiger partial charge in [-0.05, 0) is 41.8 Å². The summed E-state index contributed by atoms with van der Waals surface area (Å²) in [7, 11) is 0. The zero-order valence-corrected chi connectivity index (χ0v) is 15.3. The molecule has 1 atom stereocenters. The van der Waals surface area contributed by atoms with Gasteiger partial charge < -0.3 is 4.98 Å². The van der Waals surface area contributed by atoms with E-state index in [4.69, 9.17) is 0 Å². The summed E-state index contributed by atoms with van der Waals surface area (Å²) in [5.74, 6) is -1.62. The van der Waals surface area contributed by atoms with Crippen molar-refractivity contribution in [2.45, 2.75) is 13.0 Å². The van der Waals surface area contributed by atoms with Gasteiger partial charge in [-0.1, -0.05) is 18.2 Å². The first-order chi connectivity index (χ1) is 13.9. The van der Waals surface area contributed by atoms with Crippen LogP contribution in [0.1, 0.15) is 18.5 Å². The topological polar surface area (TPSA) is 83.5 Å². The SMILES string of the molecule is CC(c1cccc(-c2cnc[nH]2)c1)n1cc(-c2cc(F)cc(F)c2)c(=O)[nH]c1=O. The van der Waals surface area contributed by atoms with E-state index in [0.29, 0.717) is 0 Å². The van der Waals surface area contributed by atoms with Crippen molar-refractivity contribution < 1.29 is 8.78 Å². The molecule has 146 valence electrons. The highest BCUT2D eigenvalue weighted by Crippen LogP contribution is 2.24. The summed E-state index contributed by atoms with van der Waals surface area (Å²) in [6.07, 6.45) is 4.58. The van der Waals surface area contributed by atoms with Crippen LogP contribution in [0.4, 0.5) is 8.78 Å². The van der Waals surface area contributed by atoms with E-state index < -0.39 is 28.9 Å². The molecule has 2 N–H and O–H groups in total. The molecule has 2 aromatic heterocycles. The molecule has 8 heteroatoms. The van der Waals surface area contributed by atoms with Crippen molar-refractivity contribution in [1.82, 2.24) is 19.5 Å². The molecule has 0 aliphatic carbocycles. The van der Waals surface area contributed by atoms with Gasteiger partial charge in [0, 0.05) is 12.3 Å². The summed E-state index contributed by atoms with van der Waals surface area (Å²) >= 11 is 0. The van der Waals surface area contributed by atoms with Crippen molar-refractivity contribution in [3.8, 4) is 22.4 Å². The zero-order chi connectivity index (χ0) is 20.5. The molecule has 0 radical (unpaired) electrons. The minimum absolute atomic E-state index is 0.000396. The summed E-state index contributed by atoms with van der Waals surface area (Å²) in [5, 5.41) is 0. The van der Waals surface area contributed by atoms with Crippen LogP contribution >= 0.6 is 0 Å². The Balaban J connectivity index is 1.80. The first kappa shape index (κ1) is 18.5. The average Bonchev–Trinajstić information content (AvgIpc) is 3.22. The largest absolute Gasteiger partial charge is 0.345 e. The molecular weight excluding hydrogens is 378 g/mol. The third-order valence-electron chi connectivity index (χ3n) is 4.74. The van der Waals surface area contributed by atoms with Crippen LogP contribution < -0.4 is 11.2 Å². The maximum Gasteiger partial charge on any atom is 0.328 e. The molecule has 1 unspecified atom stereocenters. The Morgan fingerprint density at radius 3 is 2.48 bits per heavy atom. The quantitative estimate of drug-likeness (QED) is 0.556. The average molecular weight is 394 g/mol. The van der Waals surface area contributed by atoms with Crippen LogP contribution in [-0.4, -0.2) is 19.5 Å². The van der Waals surface area contributed by atoms with E-state index in [0.717, 1.165) is 35.0 Å². The molecule has 2 heterocycles. The lowest BCUT2D eigenvalue weighted by atomic mass is 10.0. The van der Waals surface area contributed by atoms with Gasteiger partial charge in [-0.3, -0.25) is 14.3 Å². The maximum atomic E-state index is 13.6. The van der Waals surface area contributed by atoms with Crippen LogP contribution in [0.5, 0.6) is 0 Å². The van der Waals surface area contributed by atoms with E-state index in [-0.39, 0.29) is 11.1 Å². The first-order valence-corrected chi connectivity index (χ1v) is 8.83. The molecule has 0 bridgehead atoms. The second-order valence-electron chi connectivity index (χ2n) is 6.63. The Hall–Kier alpha value is -3.81. The highest BCUT2D eigenvalue weighted by atomic mass is 19.1. The Morgan fingerprint density at radius 2 is 1.79 bits per heavy atom. The number of aromatic amines is 2. The van der Waals surface area contributed by atoms with E-state index in [1.54, 1.807) is 19.4 Å². The highest BCUT2D eigenvalue weighted by Gasteiger charge is 2.15. The maximum absolute atomic E-state index is 13.6. The third-order valence-corrected chi connectivity index (χ3v) is 4.74. The second kappa shape index (κ2) is 7.31. The predicted molar refractivity (Wildman–Crippen MR) is 105 cm³/mol.